The van der Waals surface area contributed by atoms with Crippen molar-refractivity contribution in [3.05, 3.63) is 41.5 Å². The van der Waals surface area contributed by atoms with Crippen LogP contribution >= 0.6 is 0 Å². The molecule has 0 saturated carbocycles. The molecule has 120 valence electrons. The molecular weight excluding hydrogens is 276 g/mol. The molecule has 2 aromatic rings. The molecule has 0 unspecified atom stereocenters. The van der Waals surface area contributed by atoms with E-state index in [4.69, 9.17) is 0 Å². The first-order valence-corrected chi connectivity index (χ1v) is 7.82. The summed E-state index contributed by atoms with van der Waals surface area (Å²) in [5.41, 5.74) is 3.15. The first-order chi connectivity index (χ1) is 10.4. The van der Waals surface area contributed by atoms with Crippen LogP contribution in [0.4, 0.5) is 0 Å². The molecule has 0 spiro atoms. The Morgan fingerprint density at radius 2 is 2.05 bits per heavy atom. The van der Waals surface area contributed by atoms with Gasteiger partial charge in [-0.15, -0.1) is 0 Å². The average molecular weight is 302 g/mol. The van der Waals surface area contributed by atoms with Gasteiger partial charge in [0.1, 0.15) is 0 Å². The van der Waals surface area contributed by atoms with Crippen LogP contribution in [-0.4, -0.2) is 31.6 Å². The molecule has 0 atom stereocenters. The maximum absolute atomic E-state index is 11.5. The van der Waals surface area contributed by atoms with Crippen molar-refractivity contribution in [1.29, 1.82) is 0 Å². The van der Waals surface area contributed by atoms with Gasteiger partial charge < -0.3 is 4.57 Å². The number of nitrogens with zero attached hydrogens (tertiary/aromatic N) is 4. The van der Waals surface area contributed by atoms with E-state index in [1.165, 1.54) is 5.56 Å². The highest BCUT2D eigenvalue weighted by Crippen LogP contribution is 2.14. The zero-order chi connectivity index (χ0) is 16.3. The van der Waals surface area contributed by atoms with Gasteiger partial charge in [0.25, 0.3) is 0 Å². The molecule has 2 rings (SSSR count). The number of aryl methyl sites for hydroxylation is 1. The Kier molecular flexibility index (Phi) is 5.19. The lowest BCUT2D eigenvalue weighted by Crippen LogP contribution is -2.23. The van der Waals surface area contributed by atoms with Gasteiger partial charge in [0.2, 0.25) is 0 Å². The molecule has 2 heterocycles. The molecule has 0 N–H and O–H groups in total. The third-order valence-corrected chi connectivity index (χ3v) is 3.94. The van der Waals surface area contributed by atoms with Gasteiger partial charge in [0.05, 0.1) is 6.20 Å². The average Bonchev–Trinajstić information content (AvgIpc) is 3.06. The highest BCUT2D eigenvalue weighted by molar-refractivity contribution is 5.94. The lowest BCUT2D eigenvalue weighted by molar-refractivity contribution is 0.101. The monoisotopic (exact) mass is 302 g/mol. The largest absolute Gasteiger partial charge is 0.353 e. The van der Waals surface area contributed by atoms with Gasteiger partial charge in [-0.25, -0.2) is 0 Å². The molecule has 0 bridgehead atoms. The molecule has 0 amide bonds. The summed E-state index contributed by atoms with van der Waals surface area (Å²) >= 11 is 0. The van der Waals surface area contributed by atoms with Crippen LogP contribution in [0.5, 0.6) is 0 Å². The summed E-state index contributed by atoms with van der Waals surface area (Å²) in [7, 11) is 1.99. The summed E-state index contributed by atoms with van der Waals surface area (Å²) in [4.78, 5) is 13.8. The molecule has 22 heavy (non-hydrogen) atoms. The molecule has 0 fully saturated rings. The second-order valence-electron chi connectivity index (χ2n) is 6.11. The maximum atomic E-state index is 11.5. The van der Waals surface area contributed by atoms with Gasteiger partial charge in [-0.05, 0) is 33.4 Å². The van der Waals surface area contributed by atoms with E-state index < -0.39 is 0 Å². The SMILES string of the molecule is CCN(Cc1cnn(C(C)C)c1)Cc1cc(C(C)=O)cn1C. The van der Waals surface area contributed by atoms with Crippen molar-refractivity contribution in [2.24, 2.45) is 7.05 Å². The third kappa shape index (κ3) is 3.85. The smallest absolute Gasteiger partial charge is 0.161 e. The molecule has 0 aromatic carbocycles. The van der Waals surface area contributed by atoms with Crippen LogP contribution in [0, 0.1) is 0 Å². The second-order valence-corrected chi connectivity index (χ2v) is 6.11. The molecule has 0 aliphatic heterocycles. The molecule has 0 saturated heterocycles. The van der Waals surface area contributed by atoms with E-state index in [0.29, 0.717) is 6.04 Å². The maximum Gasteiger partial charge on any atom is 0.161 e. The number of hydrogen-bond donors (Lipinski definition) is 0. The quantitative estimate of drug-likeness (QED) is 0.738. The molecule has 5 nitrogen and oxygen atoms in total. The minimum Gasteiger partial charge on any atom is -0.353 e. The normalized spacial score (nSPS) is 11.6. The first-order valence-electron chi connectivity index (χ1n) is 7.82. The van der Waals surface area contributed by atoms with Gasteiger partial charge in [0.15, 0.2) is 5.78 Å². The summed E-state index contributed by atoms with van der Waals surface area (Å²) in [6.07, 6.45) is 5.95. The van der Waals surface area contributed by atoms with Crippen LogP contribution in [-0.2, 0) is 20.1 Å². The van der Waals surface area contributed by atoms with Crippen molar-refractivity contribution in [2.75, 3.05) is 6.54 Å². The number of aromatic nitrogens is 3. The Hall–Kier alpha value is -1.88. The van der Waals surface area contributed by atoms with Crippen molar-refractivity contribution in [3.8, 4) is 0 Å². The lowest BCUT2D eigenvalue weighted by atomic mass is 10.2. The Balaban J connectivity index is 2.07. The minimum atomic E-state index is 0.114. The van der Waals surface area contributed by atoms with Crippen LogP contribution in [0.1, 0.15) is 55.4 Å². The van der Waals surface area contributed by atoms with Crippen LogP contribution in [0.15, 0.2) is 24.7 Å². The van der Waals surface area contributed by atoms with Crippen LogP contribution in [0.2, 0.25) is 0 Å². The fourth-order valence-corrected chi connectivity index (χ4v) is 2.47. The molecular formula is C17H26N4O. The minimum absolute atomic E-state index is 0.114. The first kappa shape index (κ1) is 16.5. The summed E-state index contributed by atoms with van der Waals surface area (Å²) in [5.74, 6) is 0.114. The van der Waals surface area contributed by atoms with Crippen molar-refractivity contribution in [2.45, 2.75) is 46.8 Å². The Morgan fingerprint density at radius 1 is 1.32 bits per heavy atom. The number of carbonyl (C=O) groups excluding carboxylic acids is 1. The standard InChI is InChI=1S/C17H26N4O/c1-6-20(9-15-8-18-21(10-15)13(2)3)12-17-7-16(14(4)22)11-19(17)5/h7-8,10-11,13H,6,9,12H2,1-5H3. The fourth-order valence-electron chi connectivity index (χ4n) is 2.47. The van der Waals surface area contributed by atoms with E-state index >= 15 is 0 Å². The van der Waals surface area contributed by atoms with Crippen LogP contribution in [0.3, 0.4) is 0 Å². The Labute approximate surface area is 132 Å². The zero-order valence-electron chi connectivity index (χ0n) is 14.2. The highest BCUT2D eigenvalue weighted by Gasteiger charge is 2.12. The second kappa shape index (κ2) is 6.92. The summed E-state index contributed by atoms with van der Waals surface area (Å²) in [6.45, 7) is 10.7. The number of Topliss-reactive ketones (excluding diaryl/α,β-unsaturated/α-hetero) is 1. The Morgan fingerprint density at radius 3 is 2.55 bits per heavy atom. The number of carbonyl (C=O) groups is 1. The van der Waals surface area contributed by atoms with Crippen molar-refractivity contribution in [1.82, 2.24) is 19.2 Å². The van der Waals surface area contributed by atoms with Crippen molar-refractivity contribution in [3.63, 3.8) is 0 Å². The number of rotatable bonds is 7. The van der Waals surface area contributed by atoms with Crippen molar-refractivity contribution < 1.29 is 4.79 Å². The highest BCUT2D eigenvalue weighted by atomic mass is 16.1. The van der Waals surface area contributed by atoms with Gasteiger partial charge >= 0.3 is 0 Å². The molecule has 0 aliphatic rings. The van der Waals surface area contributed by atoms with Crippen LogP contribution < -0.4 is 0 Å². The molecule has 5 heteroatoms. The topological polar surface area (TPSA) is 43.1 Å². The Bertz CT molecular complexity index is 639. The van der Waals surface area contributed by atoms with Gasteiger partial charge in [0, 0.05) is 55.4 Å². The summed E-state index contributed by atoms with van der Waals surface area (Å²) in [5, 5.41) is 4.40. The molecule has 0 aliphatic carbocycles. The predicted molar refractivity (Wildman–Crippen MR) is 87.8 cm³/mol. The lowest BCUT2D eigenvalue weighted by Gasteiger charge is -2.20. The van der Waals surface area contributed by atoms with E-state index in [-0.39, 0.29) is 5.78 Å². The van der Waals surface area contributed by atoms with Gasteiger partial charge in [-0.2, -0.15) is 5.10 Å². The van der Waals surface area contributed by atoms with Gasteiger partial charge in [-0.1, -0.05) is 6.92 Å². The molecule has 0 radical (unpaired) electrons. The van der Waals surface area contributed by atoms with E-state index in [1.54, 1.807) is 6.92 Å². The fraction of sp³-hybridized carbons (Fsp3) is 0.529. The van der Waals surface area contributed by atoms with Crippen molar-refractivity contribution >= 4 is 5.78 Å². The number of hydrogen-bond acceptors (Lipinski definition) is 3. The zero-order valence-corrected chi connectivity index (χ0v) is 14.2. The number of ketones is 1. The van der Waals surface area contributed by atoms with E-state index in [2.05, 4.69) is 37.0 Å². The van der Waals surface area contributed by atoms with Crippen LogP contribution in [0.25, 0.3) is 0 Å². The van der Waals surface area contributed by atoms with E-state index in [1.807, 2.05) is 34.8 Å². The van der Waals surface area contributed by atoms with E-state index in [0.717, 1.165) is 30.9 Å². The summed E-state index contributed by atoms with van der Waals surface area (Å²) in [6, 6.07) is 2.37. The van der Waals surface area contributed by atoms with E-state index in [9.17, 15) is 4.79 Å². The molecule has 2 aromatic heterocycles. The third-order valence-electron chi connectivity index (χ3n) is 3.94. The summed E-state index contributed by atoms with van der Waals surface area (Å²) < 4.78 is 4.02. The van der Waals surface area contributed by atoms with Gasteiger partial charge in [-0.3, -0.25) is 14.4 Å². The predicted octanol–water partition coefficient (Wildman–Crippen LogP) is 3.03.